The van der Waals surface area contributed by atoms with Crippen LogP contribution in [0.5, 0.6) is 0 Å². The number of aromatic nitrogens is 3. The van der Waals surface area contributed by atoms with Crippen molar-refractivity contribution < 1.29 is 9.15 Å². The number of para-hydroxylation sites is 1. The van der Waals surface area contributed by atoms with E-state index in [9.17, 15) is 0 Å². The minimum absolute atomic E-state index is 0.284. The largest absolute Gasteiger partial charge is 0.462 e. The van der Waals surface area contributed by atoms with Crippen LogP contribution in [0.15, 0.2) is 53.2 Å². The number of benzene rings is 1. The van der Waals surface area contributed by atoms with Crippen molar-refractivity contribution in [3.63, 3.8) is 0 Å². The van der Waals surface area contributed by atoms with Crippen molar-refractivity contribution in [2.45, 2.75) is 32.0 Å². The fraction of sp³-hybridized carbons (Fsp3) is 0.368. The smallest absolute Gasteiger partial charge is 0.146 e. The number of nitrogens with zero attached hydrogens (tertiary/aromatic N) is 4. The fourth-order valence-corrected chi connectivity index (χ4v) is 3.47. The topological polar surface area (TPSA) is 56.3 Å². The Bertz CT molecular complexity index is 812. The van der Waals surface area contributed by atoms with Gasteiger partial charge in [-0.15, -0.1) is 0 Å². The highest BCUT2D eigenvalue weighted by Crippen LogP contribution is 2.34. The lowest BCUT2D eigenvalue weighted by molar-refractivity contribution is 0.155. The summed E-state index contributed by atoms with van der Waals surface area (Å²) in [6, 6.07) is 14.5. The number of methoxy groups -OCH3 is 1. The van der Waals surface area contributed by atoms with Crippen LogP contribution in [-0.4, -0.2) is 33.3 Å². The van der Waals surface area contributed by atoms with Gasteiger partial charge in [-0.2, -0.15) is 5.10 Å². The molecule has 0 radical (unpaired) electrons. The molecule has 3 aromatic rings. The lowest BCUT2D eigenvalue weighted by atomic mass is 10.1. The SMILES string of the molecule is COCc1ccc([C@H]2CCCN2Cc2ncnn2-c2ccccc2)o1. The minimum atomic E-state index is 0.284. The highest BCUT2D eigenvalue weighted by Gasteiger charge is 2.29. The van der Waals surface area contributed by atoms with E-state index in [1.165, 1.54) is 0 Å². The van der Waals surface area contributed by atoms with Crippen LogP contribution in [0.4, 0.5) is 0 Å². The predicted molar refractivity (Wildman–Crippen MR) is 93.2 cm³/mol. The van der Waals surface area contributed by atoms with Crippen LogP contribution in [-0.2, 0) is 17.9 Å². The molecule has 1 saturated heterocycles. The number of rotatable bonds is 6. The van der Waals surface area contributed by atoms with Gasteiger partial charge in [-0.1, -0.05) is 18.2 Å². The molecule has 25 heavy (non-hydrogen) atoms. The fourth-order valence-electron chi connectivity index (χ4n) is 3.47. The van der Waals surface area contributed by atoms with E-state index in [0.717, 1.165) is 49.0 Å². The lowest BCUT2D eigenvalue weighted by Crippen LogP contribution is -2.24. The van der Waals surface area contributed by atoms with E-state index in [4.69, 9.17) is 9.15 Å². The van der Waals surface area contributed by atoms with E-state index < -0.39 is 0 Å². The van der Waals surface area contributed by atoms with Gasteiger partial charge in [0.25, 0.3) is 0 Å². The third kappa shape index (κ3) is 3.36. The predicted octanol–water partition coefficient (Wildman–Crippen LogP) is 3.34. The molecule has 6 heteroatoms. The second kappa shape index (κ2) is 7.21. The van der Waals surface area contributed by atoms with Crippen molar-refractivity contribution >= 4 is 0 Å². The Morgan fingerprint density at radius 3 is 2.92 bits per heavy atom. The van der Waals surface area contributed by atoms with Crippen LogP contribution >= 0.6 is 0 Å². The van der Waals surface area contributed by atoms with Crippen LogP contribution in [0, 0.1) is 0 Å². The van der Waals surface area contributed by atoms with E-state index in [0.29, 0.717) is 6.61 Å². The molecular formula is C19H22N4O2. The van der Waals surface area contributed by atoms with Gasteiger partial charge in [-0.05, 0) is 43.7 Å². The average molecular weight is 338 g/mol. The first-order valence-corrected chi connectivity index (χ1v) is 8.61. The summed E-state index contributed by atoms with van der Waals surface area (Å²) in [5.41, 5.74) is 1.03. The molecule has 1 aliphatic rings. The van der Waals surface area contributed by atoms with Gasteiger partial charge in [0, 0.05) is 7.11 Å². The van der Waals surface area contributed by atoms with Gasteiger partial charge in [0.05, 0.1) is 18.3 Å². The monoisotopic (exact) mass is 338 g/mol. The Kier molecular flexibility index (Phi) is 4.63. The summed E-state index contributed by atoms with van der Waals surface area (Å²) in [7, 11) is 1.68. The number of hydrogen-bond donors (Lipinski definition) is 0. The average Bonchev–Trinajstić information content (AvgIpc) is 3.37. The van der Waals surface area contributed by atoms with Crippen LogP contribution < -0.4 is 0 Å². The van der Waals surface area contributed by atoms with Crippen molar-refractivity contribution in [2.75, 3.05) is 13.7 Å². The van der Waals surface area contributed by atoms with Gasteiger partial charge in [0.15, 0.2) is 0 Å². The van der Waals surface area contributed by atoms with Crippen LogP contribution in [0.3, 0.4) is 0 Å². The van der Waals surface area contributed by atoms with Gasteiger partial charge in [-0.25, -0.2) is 9.67 Å². The number of ether oxygens (including phenoxy) is 1. The molecule has 0 spiro atoms. The Balaban J connectivity index is 1.53. The molecule has 0 N–H and O–H groups in total. The summed E-state index contributed by atoms with van der Waals surface area (Å²) < 4.78 is 13.0. The Labute approximate surface area is 147 Å². The zero-order chi connectivity index (χ0) is 17.1. The molecule has 0 saturated carbocycles. The van der Waals surface area contributed by atoms with Gasteiger partial charge < -0.3 is 9.15 Å². The second-order valence-corrected chi connectivity index (χ2v) is 6.29. The molecule has 0 bridgehead atoms. The molecule has 0 aliphatic carbocycles. The third-order valence-electron chi connectivity index (χ3n) is 4.62. The molecule has 0 amide bonds. The summed E-state index contributed by atoms with van der Waals surface area (Å²) in [6.07, 6.45) is 3.88. The normalized spacial score (nSPS) is 18.0. The van der Waals surface area contributed by atoms with Gasteiger partial charge >= 0.3 is 0 Å². The van der Waals surface area contributed by atoms with Gasteiger partial charge in [-0.3, -0.25) is 4.90 Å². The molecule has 4 rings (SSSR count). The summed E-state index contributed by atoms with van der Waals surface area (Å²) >= 11 is 0. The molecule has 130 valence electrons. The maximum Gasteiger partial charge on any atom is 0.146 e. The number of hydrogen-bond acceptors (Lipinski definition) is 5. The van der Waals surface area contributed by atoms with E-state index in [1.807, 2.05) is 41.1 Å². The van der Waals surface area contributed by atoms with Crippen molar-refractivity contribution in [1.29, 1.82) is 0 Å². The number of furan rings is 1. The molecule has 0 unspecified atom stereocenters. The van der Waals surface area contributed by atoms with Crippen LogP contribution in [0.1, 0.15) is 36.2 Å². The van der Waals surface area contributed by atoms with E-state index in [1.54, 1.807) is 13.4 Å². The third-order valence-corrected chi connectivity index (χ3v) is 4.62. The first kappa shape index (κ1) is 16.1. The zero-order valence-electron chi connectivity index (χ0n) is 14.3. The summed E-state index contributed by atoms with van der Waals surface area (Å²) in [5, 5.41) is 4.39. The second-order valence-electron chi connectivity index (χ2n) is 6.29. The zero-order valence-corrected chi connectivity index (χ0v) is 14.3. The van der Waals surface area contributed by atoms with Gasteiger partial charge in [0.1, 0.15) is 30.3 Å². The van der Waals surface area contributed by atoms with E-state index in [-0.39, 0.29) is 6.04 Å². The molecular weight excluding hydrogens is 316 g/mol. The molecule has 2 aromatic heterocycles. The van der Waals surface area contributed by atoms with E-state index >= 15 is 0 Å². The van der Waals surface area contributed by atoms with E-state index in [2.05, 4.69) is 21.0 Å². The summed E-state index contributed by atoms with van der Waals surface area (Å²) in [5.74, 6) is 2.83. The first-order chi connectivity index (χ1) is 12.3. The maximum atomic E-state index is 5.96. The molecule has 1 aromatic carbocycles. The molecule has 1 atom stereocenters. The lowest BCUT2D eigenvalue weighted by Gasteiger charge is -2.22. The quantitative estimate of drug-likeness (QED) is 0.690. The van der Waals surface area contributed by atoms with Crippen LogP contribution in [0.25, 0.3) is 5.69 Å². The minimum Gasteiger partial charge on any atom is -0.462 e. The molecule has 1 aliphatic heterocycles. The van der Waals surface area contributed by atoms with Crippen LogP contribution in [0.2, 0.25) is 0 Å². The van der Waals surface area contributed by atoms with Gasteiger partial charge in [0.2, 0.25) is 0 Å². The van der Waals surface area contributed by atoms with Crippen molar-refractivity contribution in [3.05, 3.63) is 66.1 Å². The molecule has 3 heterocycles. The molecule has 6 nitrogen and oxygen atoms in total. The Morgan fingerprint density at radius 2 is 2.08 bits per heavy atom. The highest BCUT2D eigenvalue weighted by molar-refractivity contribution is 5.30. The Hall–Kier alpha value is -2.44. The summed E-state index contributed by atoms with van der Waals surface area (Å²) in [6.45, 7) is 2.29. The maximum absolute atomic E-state index is 5.96. The van der Waals surface area contributed by atoms with Crippen molar-refractivity contribution in [1.82, 2.24) is 19.7 Å². The van der Waals surface area contributed by atoms with Crippen molar-refractivity contribution in [3.8, 4) is 5.69 Å². The van der Waals surface area contributed by atoms with Crippen molar-refractivity contribution in [2.24, 2.45) is 0 Å². The number of likely N-dealkylation sites (tertiary alicyclic amines) is 1. The highest BCUT2D eigenvalue weighted by atomic mass is 16.5. The summed E-state index contributed by atoms with van der Waals surface area (Å²) in [4.78, 5) is 6.89. The Morgan fingerprint density at radius 1 is 1.20 bits per heavy atom. The molecule has 1 fully saturated rings. The first-order valence-electron chi connectivity index (χ1n) is 8.61. The standard InChI is InChI=1S/C19H22N4O2/c1-24-13-16-9-10-18(25-16)17-8-5-11-22(17)12-19-20-14-21-23(19)15-6-3-2-4-7-15/h2-4,6-7,9-10,14,17H,5,8,11-13H2,1H3/t17-/m1/s1.